The largest absolute Gasteiger partial charge is 0.378 e. The number of nitrogens with one attached hydrogen (secondary N) is 1. The smallest absolute Gasteiger partial charge is 0.222 e. The Morgan fingerprint density at radius 3 is 1.90 bits per heavy atom. The second-order valence-corrected chi connectivity index (χ2v) is 4.07. The molecular weight excluding hydrogens is 260 g/mol. The third-order valence-electron chi connectivity index (χ3n) is 2.08. The van der Waals surface area contributed by atoms with E-state index in [0.29, 0.717) is 52.7 Å². The average Bonchev–Trinajstić information content (AvgIpc) is 2.46. The van der Waals surface area contributed by atoms with E-state index < -0.39 is 0 Å². The van der Waals surface area contributed by atoms with Crippen LogP contribution in [0.4, 0.5) is 0 Å². The summed E-state index contributed by atoms with van der Waals surface area (Å²) in [6.45, 7) is 12.0. The lowest BCUT2D eigenvalue weighted by Crippen LogP contribution is -2.31. The van der Waals surface area contributed by atoms with Crippen LogP contribution in [0.15, 0.2) is 0 Å². The average molecular weight is 296 g/mol. The van der Waals surface area contributed by atoms with Gasteiger partial charge in [0.1, 0.15) is 0 Å². The molecule has 3 N–H and O–H groups in total. The van der Waals surface area contributed by atoms with Crippen LogP contribution in [0.3, 0.4) is 0 Å². The summed E-state index contributed by atoms with van der Waals surface area (Å²) in [6, 6.07) is 0. The molecule has 6 nitrogen and oxygen atoms in total. The Bertz CT molecular complexity index is 211. The lowest BCUT2D eigenvalue weighted by molar-refractivity contribution is -0.124. The molecule has 0 aromatic rings. The van der Waals surface area contributed by atoms with Gasteiger partial charge >= 0.3 is 0 Å². The van der Waals surface area contributed by atoms with E-state index in [-0.39, 0.29) is 14.7 Å². The van der Waals surface area contributed by atoms with Gasteiger partial charge in [-0.15, -0.1) is 0 Å². The second kappa shape index (κ2) is 18.3. The van der Waals surface area contributed by atoms with Crippen LogP contribution in [-0.4, -0.2) is 58.6 Å². The fourth-order valence-electron chi connectivity index (χ4n) is 1.08. The first-order chi connectivity index (χ1) is 9.68. The highest BCUT2D eigenvalue weighted by molar-refractivity contribution is 5.77. The molecule has 0 aliphatic rings. The zero-order chi connectivity index (χ0) is 15.6. The highest BCUT2D eigenvalue weighted by Crippen LogP contribution is 1.89. The van der Waals surface area contributed by atoms with Crippen molar-refractivity contribution in [2.45, 2.75) is 27.7 Å². The van der Waals surface area contributed by atoms with Crippen LogP contribution in [-0.2, 0) is 19.0 Å². The van der Waals surface area contributed by atoms with Gasteiger partial charge in [-0.05, 0) is 0 Å². The maximum atomic E-state index is 11.2. The summed E-state index contributed by atoms with van der Waals surface area (Å²) in [4.78, 5) is 11.2. The highest BCUT2D eigenvalue weighted by Gasteiger charge is 2.04. The Balaban J connectivity index is -0.000000387. The van der Waals surface area contributed by atoms with Crippen LogP contribution in [0.25, 0.3) is 0 Å². The van der Waals surface area contributed by atoms with Crippen molar-refractivity contribution in [1.82, 2.24) is 5.32 Å². The standard InChI is InChI=1S/C12H26N2O4.C2H6.2H2/c1-11(2)12(15)14-4-6-17-8-10-18-9-7-16-5-3-13;1-2;;/h11H,3-10,13H2,1-2H3,(H,14,15);1-2H3;2*1H. The summed E-state index contributed by atoms with van der Waals surface area (Å²) >= 11 is 0. The van der Waals surface area contributed by atoms with Crippen LogP contribution >= 0.6 is 0 Å². The molecule has 0 unspecified atom stereocenters. The number of carbonyl (C=O) groups is 1. The van der Waals surface area contributed by atoms with Crippen LogP contribution in [0.2, 0.25) is 0 Å². The molecule has 0 aliphatic carbocycles. The van der Waals surface area contributed by atoms with E-state index in [4.69, 9.17) is 19.9 Å². The molecule has 0 rings (SSSR count). The van der Waals surface area contributed by atoms with Crippen LogP contribution < -0.4 is 11.1 Å². The van der Waals surface area contributed by atoms with Crippen molar-refractivity contribution in [2.75, 3.05) is 52.7 Å². The number of amides is 1. The summed E-state index contributed by atoms with van der Waals surface area (Å²) in [5, 5.41) is 2.77. The van der Waals surface area contributed by atoms with Crippen molar-refractivity contribution in [2.24, 2.45) is 11.7 Å². The van der Waals surface area contributed by atoms with Crippen molar-refractivity contribution in [1.29, 1.82) is 0 Å². The molecule has 0 atom stereocenters. The molecule has 6 heteroatoms. The lowest BCUT2D eigenvalue weighted by atomic mass is 10.2. The Morgan fingerprint density at radius 2 is 1.45 bits per heavy atom. The maximum absolute atomic E-state index is 11.2. The van der Waals surface area contributed by atoms with E-state index in [1.807, 2.05) is 27.7 Å². The minimum Gasteiger partial charge on any atom is -0.378 e. The van der Waals surface area contributed by atoms with E-state index in [2.05, 4.69) is 5.32 Å². The molecule has 0 heterocycles. The van der Waals surface area contributed by atoms with Gasteiger partial charge in [-0.2, -0.15) is 0 Å². The highest BCUT2D eigenvalue weighted by atomic mass is 16.5. The Morgan fingerprint density at radius 1 is 1.00 bits per heavy atom. The molecular formula is C14H36N2O4. The van der Waals surface area contributed by atoms with Crippen molar-refractivity contribution < 1.29 is 21.9 Å². The maximum Gasteiger partial charge on any atom is 0.222 e. The first kappa shape index (κ1) is 21.6. The third-order valence-corrected chi connectivity index (χ3v) is 2.08. The molecule has 0 aliphatic heterocycles. The Kier molecular flexibility index (Phi) is 19.8. The van der Waals surface area contributed by atoms with Crippen LogP contribution in [0.5, 0.6) is 0 Å². The number of rotatable bonds is 12. The van der Waals surface area contributed by atoms with E-state index in [0.717, 1.165) is 0 Å². The third kappa shape index (κ3) is 17.3. The normalized spacial score (nSPS) is 10.1. The van der Waals surface area contributed by atoms with Crippen LogP contribution in [0, 0.1) is 5.92 Å². The zero-order valence-corrected chi connectivity index (χ0v) is 13.4. The van der Waals surface area contributed by atoms with Gasteiger partial charge < -0.3 is 25.3 Å². The summed E-state index contributed by atoms with van der Waals surface area (Å²) < 4.78 is 15.7. The monoisotopic (exact) mass is 296 g/mol. The molecule has 0 saturated heterocycles. The molecule has 0 spiro atoms. The predicted molar refractivity (Wildman–Crippen MR) is 84.9 cm³/mol. The zero-order valence-electron chi connectivity index (χ0n) is 13.4. The first-order valence-electron chi connectivity index (χ1n) is 7.39. The summed E-state index contributed by atoms with van der Waals surface area (Å²) in [5.41, 5.74) is 5.26. The van der Waals surface area contributed by atoms with Gasteiger partial charge in [0.25, 0.3) is 0 Å². The number of ether oxygens (including phenoxy) is 3. The molecule has 0 bridgehead atoms. The number of hydrogen-bond acceptors (Lipinski definition) is 5. The van der Waals surface area contributed by atoms with E-state index in [1.165, 1.54) is 0 Å². The molecule has 0 radical (unpaired) electrons. The molecule has 1 amide bonds. The Labute approximate surface area is 126 Å². The van der Waals surface area contributed by atoms with Crippen LogP contribution in [0.1, 0.15) is 30.5 Å². The summed E-state index contributed by atoms with van der Waals surface area (Å²) in [5.74, 6) is 0.0637. The number of nitrogens with two attached hydrogens (primary N) is 1. The fraction of sp³-hybridized carbons (Fsp3) is 0.929. The minimum atomic E-state index is 0. The van der Waals surface area contributed by atoms with Crippen molar-refractivity contribution in [3.05, 3.63) is 0 Å². The van der Waals surface area contributed by atoms with Gasteiger partial charge in [0.05, 0.1) is 39.6 Å². The molecule has 20 heavy (non-hydrogen) atoms. The molecule has 0 aromatic carbocycles. The minimum absolute atomic E-state index is 0. The van der Waals surface area contributed by atoms with E-state index in [9.17, 15) is 4.79 Å². The van der Waals surface area contributed by atoms with Gasteiger partial charge in [-0.3, -0.25) is 4.79 Å². The summed E-state index contributed by atoms with van der Waals surface area (Å²) in [7, 11) is 0. The van der Waals surface area contributed by atoms with Gasteiger partial charge in [0.2, 0.25) is 5.91 Å². The van der Waals surface area contributed by atoms with E-state index in [1.54, 1.807) is 0 Å². The van der Waals surface area contributed by atoms with Crippen molar-refractivity contribution in [3.63, 3.8) is 0 Å². The topological polar surface area (TPSA) is 82.8 Å². The SMILES string of the molecule is CC.CC(C)C(=O)NCCOCCOCCOCCN.[HH].[HH]. The van der Waals surface area contributed by atoms with Gasteiger partial charge in [0.15, 0.2) is 0 Å². The fourth-order valence-corrected chi connectivity index (χ4v) is 1.08. The Hall–Kier alpha value is -0.690. The first-order valence-corrected chi connectivity index (χ1v) is 7.39. The van der Waals surface area contributed by atoms with Gasteiger partial charge in [-0.1, -0.05) is 27.7 Å². The summed E-state index contributed by atoms with van der Waals surface area (Å²) in [6.07, 6.45) is 0. The van der Waals surface area contributed by atoms with Crippen molar-refractivity contribution in [3.8, 4) is 0 Å². The van der Waals surface area contributed by atoms with Gasteiger partial charge in [-0.25, -0.2) is 0 Å². The quantitative estimate of drug-likeness (QED) is 0.530. The van der Waals surface area contributed by atoms with E-state index >= 15 is 0 Å². The number of carbonyl (C=O) groups excluding carboxylic acids is 1. The lowest BCUT2D eigenvalue weighted by Gasteiger charge is -2.08. The molecule has 126 valence electrons. The molecule has 0 aromatic heterocycles. The number of hydrogen-bond donors (Lipinski definition) is 2. The van der Waals surface area contributed by atoms with Gasteiger partial charge in [0, 0.05) is 21.9 Å². The molecule has 0 fully saturated rings. The second-order valence-electron chi connectivity index (χ2n) is 4.07. The van der Waals surface area contributed by atoms with Crippen molar-refractivity contribution >= 4 is 5.91 Å². The molecule has 0 saturated carbocycles. The predicted octanol–water partition coefficient (Wildman–Crippen LogP) is 1.29.